The third kappa shape index (κ3) is 5.47. The zero-order chi connectivity index (χ0) is 9.56. The standard InChI is InChI=1S/C9H20N2S/c1-4-8(9(10)11)12-6-5-7(2)3/h7-8H,4-6H2,1-3H3,(H3,10,11). The van der Waals surface area contributed by atoms with Crippen molar-refractivity contribution in [1.29, 1.82) is 5.41 Å². The first-order valence-electron chi connectivity index (χ1n) is 4.53. The van der Waals surface area contributed by atoms with Gasteiger partial charge in [0.25, 0.3) is 0 Å². The van der Waals surface area contributed by atoms with Crippen LogP contribution in [0.5, 0.6) is 0 Å². The van der Waals surface area contributed by atoms with E-state index in [1.54, 1.807) is 0 Å². The fourth-order valence-electron chi connectivity index (χ4n) is 0.874. The Morgan fingerprint density at radius 2 is 2.08 bits per heavy atom. The van der Waals surface area contributed by atoms with E-state index < -0.39 is 0 Å². The minimum atomic E-state index is 0.240. The largest absolute Gasteiger partial charge is 0.387 e. The van der Waals surface area contributed by atoms with E-state index in [0.29, 0.717) is 5.84 Å². The summed E-state index contributed by atoms with van der Waals surface area (Å²) >= 11 is 1.81. The van der Waals surface area contributed by atoms with Crippen LogP contribution < -0.4 is 5.73 Å². The van der Waals surface area contributed by atoms with E-state index in [9.17, 15) is 0 Å². The molecule has 0 radical (unpaired) electrons. The van der Waals surface area contributed by atoms with Crippen LogP contribution in [-0.4, -0.2) is 16.8 Å². The summed E-state index contributed by atoms with van der Waals surface area (Å²) in [5, 5.41) is 7.53. The van der Waals surface area contributed by atoms with Crippen molar-refractivity contribution in [3.8, 4) is 0 Å². The van der Waals surface area contributed by atoms with Crippen LogP contribution in [0, 0.1) is 11.3 Å². The van der Waals surface area contributed by atoms with Crippen LogP contribution in [-0.2, 0) is 0 Å². The Bertz CT molecular complexity index is 134. The van der Waals surface area contributed by atoms with Gasteiger partial charge in [0, 0.05) is 0 Å². The normalized spacial score (nSPS) is 13.3. The molecule has 0 spiro atoms. The van der Waals surface area contributed by atoms with Gasteiger partial charge in [0.05, 0.1) is 5.25 Å². The highest BCUT2D eigenvalue weighted by Gasteiger charge is 2.09. The molecule has 0 aromatic carbocycles. The highest BCUT2D eigenvalue weighted by Crippen LogP contribution is 2.17. The molecule has 0 amide bonds. The van der Waals surface area contributed by atoms with E-state index in [2.05, 4.69) is 20.8 Å². The first kappa shape index (κ1) is 11.8. The average Bonchev–Trinajstić information content (AvgIpc) is 1.96. The van der Waals surface area contributed by atoms with Crippen molar-refractivity contribution >= 4 is 17.6 Å². The van der Waals surface area contributed by atoms with Gasteiger partial charge in [-0.15, -0.1) is 0 Å². The quantitative estimate of drug-likeness (QED) is 0.497. The molecule has 2 nitrogen and oxygen atoms in total. The Labute approximate surface area is 79.8 Å². The Kier molecular flexibility index (Phi) is 6.25. The Hall–Kier alpha value is -0.180. The highest BCUT2D eigenvalue weighted by molar-refractivity contribution is 8.00. The van der Waals surface area contributed by atoms with Gasteiger partial charge in [0.2, 0.25) is 0 Å². The zero-order valence-corrected chi connectivity index (χ0v) is 9.08. The van der Waals surface area contributed by atoms with Crippen molar-refractivity contribution in [2.75, 3.05) is 5.75 Å². The molecule has 0 bridgehead atoms. The molecule has 0 fully saturated rings. The average molecular weight is 188 g/mol. The van der Waals surface area contributed by atoms with Crippen molar-refractivity contribution in [1.82, 2.24) is 0 Å². The summed E-state index contributed by atoms with van der Waals surface area (Å²) < 4.78 is 0. The predicted molar refractivity (Wildman–Crippen MR) is 57.9 cm³/mol. The van der Waals surface area contributed by atoms with Gasteiger partial charge in [-0.1, -0.05) is 20.8 Å². The Balaban J connectivity index is 3.52. The molecule has 3 heteroatoms. The van der Waals surface area contributed by atoms with Crippen LogP contribution >= 0.6 is 11.8 Å². The van der Waals surface area contributed by atoms with Crippen molar-refractivity contribution in [2.24, 2.45) is 11.7 Å². The van der Waals surface area contributed by atoms with Crippen molar-refractivity contribution in [2.45, 2.75) is 38.9 Å². The number of hydrogen-bond acceptors (Lipinski definition) is 2. The molecule has 72 valence electrons. The fourth-order valence-corrected chi connectivity index (χ4v) is 2.18. The van der Waals surface area contributed by atoms with Crippen LogP contribution in [0.1, 0.15) is 33.6 Å². The molecule has 0 rings (SSSR count). The molecule has 0 aromatic heterocycles. The van der Waals surface area contributed by atoms with Crippen molar-refractivity contribution in [3.05, 3.63) is 0 Å². The maximum Gasteiger partial charge on any atom is 0.104 e. The van der Waals surface area contributed by atoms with Crippen LogP contribution in [0.3, 0.4) is 0 Å². The number of thioether (sulfide) groups is 1. The number of hydrogen-bond donors (Lipinski definition) is 2. The predicted octanol–water partition coefficient (Wildman–Crippen LogP) is 2.48. The summed E-state index contributed by atoms with van der Waals surface area (Å²) in [5.41, 5.74) is 5.43. The number of nitrogens with one attached hydrogen (secondary N) is 1. The molecule has 0 saturated carbocycles. The maximum atomic E-state index is 7.29. The molecule has 1 atom stereocenters. The van der Waals surface area contributed by atoms with Gasteiger partial charge in [-0.25, -0.2) is 0 Å². The first-order chi connectivity index (χ1) is 5.57. The van der Waals surface area contributed by atoms with E-state index in [0.717, 1.165) is 18.1 Å². The summed E-state index contributed by atoms with van der Waals surface area (Å²) in [6.45, 7) is 6.51. The summed E-state index contributed by atoms with van der Waals surface area (Å²) in [5.74, 6) is 2.20. The van der Waals surface area contributed by atoms with Gasteiger partial charge < -0.3 is 5.73 Å². The Morgan fingerprint density at radius 1 is 1.50 bits per heavy atom. The molecular weight excluding hydrogens is 168 g/mol. The minimum absolute atomic E-state index is 0.240. The van der Waals surface area contributed by atoms with Crippen LogP contribution in [0.15, 0.2) is 0 Å². The second-order valence-electron chi connectivity index (χ2n) is 3.41. The van der Waals surface area contributed by atoms with Crippen LogP contribution in [0.2, 0.25) is 0 Å². The van der Waals surface area contributed by atoms with Gasteiger partial charge >= 0.3 is 0 Å². The second-order valence-corrected chi connectivity index (χ2v) is 4.72. The minimum Gasteiger partial charge on any atom is -0.387 e. The van der Waals surface area contributed by atoms with Gasteiger partial charge in [0.15, 0.2) is 0 Å². The SMILES string of the molecule is CCC(SCCC(C)C)C(=N)N. The summed E-state index contributed by atoms with van der Waals surface area (Å²) in [4.78, 5) is 0. The van der Waals surface area contributed by atoms with Gasteiger partial charge in [-0.3, -0.25) is 5.41 Å². The van der Waals surface area contributed by atoms with Crippen LogP contribution in [0.4, 0.5) is 0 Å². The fraction of sp³-hybridized carbons (Fsp3) is 0.889. The third-order valence-electron chi connectivity index (χ3n) is 1.73. The number of amidine groups is 1. The van der Waals surface area contributed by atoms with E-state index in [1.807, 2.05) is 11.8 Å². The van der Waals surface area contributed by atoms with Crippen molar-refractivity contribution < 1.29 is 0 Å². The molecular formula is C9H20N2S. The van der Waals surface area contributed by atoms with E-state index in [1.165, 1.54) is 6.42 Å². The summed E-state index contributed by atoms with van der Waals surface area (Å²) in [6, 6.07) is 0. The topological polar surface area (TPSA) is 49.9 Å². The Morgan fingerprint density at radius 3 is 2.42 bits per heavy atom. The van der Waals surface area contributed by atoms with Gasteiger partial charge in [-0.2, -0.15) is 11.8 Å². The molecule has 3 N–H and O–H groups in total. The molecule has 0 aliphatic heterocycles. The lowest BCUT2D eigenvalue weighted by Gasteiger charge is -2.12. The first-order valence-corrected chi connectivity index (χ1v) is 5.58. The maximum absolute atomic E-state index is 7.29. The molecule has 0 aliphatic rings. The van der Waals surface area contributed by atoms with E-state index in [-0.39, 0.29) is 5.25 Å². The monoisotopic (exact) mass is 188 g/mol. The molecule has 12 heavy (non-hydrogen) atoms. The lowest BCUT2D eigenvalue weighted by Crippen LogP contribution is -2.24. The van der Waals surface area contributed by atoms with Gasteiger partial charge in [-0.05, 0) is 24.5 Å². The summed E-state index contributed by atoms with van der Waals surface area (Å²) in [7, 11) is 0. The molecule has 0 saturated heterocycles. The van der Waals surface area contributed by atoms with E-state index >= 15 is 0 Å². The molecule has 0 aromatic rings. The highest BCUT2D eigenvalue weighted by atomic mass is 32.2. The molecule has 0 heterocycles. The smallest absolute Gasteiger partial charge is 0.104 e. The van der Waals surface area contributed by atoms with Crippen LogP contribution in [0.25, 0.3) is 0 Å². The van der Waals surface area contributed by atoms with E-state index in [4.69, 9.17) is 11.1 Å². The van der Waals surface area contributed by atoms with Crippen molar-refractivity contribution in [3.63, 3.8) is 0 Å². The number of nitrogens with two attached hydrogens (primary N) is 1. The lowest BCUT2D eigenvalue weighted by atomic mass is 10.2. The molecule has 1 unspecified atom stereocenters. The summed E-state index contributed by atoms with van der Waals surface area (Å²) in [6.07, 6.45) is 2.19. The zero-order valence-electron chi connectivity index (χ0n) is 8.26. The molecule has 0 aliphatic carbocycles. The second kappa shape index (κ2) is 6.35. The lowest BCUT2D eigenvalue weighted by molar-refractivity contribution is 0.631. The number of rotatable bonds is 6. The van der Waals surface area contributed by atoms with Gasteiger partial charge in [0.1, 0.15) is 5.84 Å². The third-order valence-corrected chi connectivity index (χ3v) is 3.19.